The first-order chi connectivity index (χ1) is 8.77. The van der Waals surface area contributed by atoms with Gasteiger partial charge in [0, 0.05) is 5.69 Å². The molecule has 102 valence electrons. The summed E-state index contributed by atoms with van der Waals surface area (Å²) in [6.07, 6.45) is 0. The van der Waals surface area contributed by atoms with Gasteiger partial charge in [0.1, 0.15) is 5.54 Å². The average molecular weight is 282 g/mol. The molecule has 3 N–H and O–H groups in total. The summed E-state index contributed by atoms with van der Waals surface area (Å²) in [6, 6.07) is 4.23. The number of hydrogen-bond donors (Lipinski definition) is 2. The lowest BCUT2D eigenvalue weighted by molar-refractivity contribution is -0.122. The van der Waals surface area contributed by atoms with Gasteiger partial charge in [-0.1, -0.05) is 25.4 Å². The molecule has 1 heterocycles. The van der Waals surface area contributed by atoms with Crippen molar-refractivity contribution < 1.29 is 9.59 Å². The summed E-state index contributed by atoms with van der Waals surface area (Å²) in [6.45, 7) is 5.47. The molecule has 3 amide bonds. The third kappa shape index (κ3) is 2.04. The summed E-state index contributed by atoms with van der Waals surface area (Å²) >= 11 is 6.06. The van der Waals surface area contributed by atoms with Crippen LogP contribution in [0.2, 0.25) is 5.02 Å². The summed E-state index contributed by atoms with van der Waals surface area (Å²) in [5, 5.41) is 2.99. The lowest BCUT2D eigenvalue weighted by atomic mass is 9.88. The minimum Gasteiger partial charge on any atom is -0.399 e. The molecular weight excluding hydrogens is 266 g/mol. The Labute approximate surface area is 116 Å². The highest BCUT2D eigenvalue weighted by atomic mass is 35.5. The fourth-order valence-electron chi connectivity index (χ4n) is 1.97. The Hall–Kier alpha value is -1.75. The summed E-state index contributed by atoms with van der Waals surface area (Å²) < 4.78 is 0. The summed E-state index contributed by atoms with van der Waals surface area (Å²) in [7, 11) is 0. The Morgan fingerprint density at radius 3 is 2.47 bits per heavy atom. The molecule has 6 heteroatoms. The lowest BCUT2D eigenvalue weighted by Crippen LogP contribution is -2.48. The fraction of sp³-hybridized carbons (Fsp3) is 0.385. The molecule has 0 unspecified atom stereocenters. The molecule has 0 aromatic heterocycles. The van der Waals surface area contributed by atoms with E-state index in [1.165, 1.54) is 6.07 Å². The van der Waals surface area contributed by atoms with E-state index in [0.29, 0.717) is 11.4 Å². The number of nitrogens with two attached hydrogens (primary N) is 1. The Balaban J connectivity index is 2.46. The standard InChI is InChI=1S/C13H16ClN3O2/c1-7(2)13(3)11(18)17(12(19)16-13)10-5-4-8(15)6-9(10)14/h4-7H,15H2,1-3H3,(H,16,19)/t13-/m1/s1. The molecule has 0 spiro atoms. The van der Waals surface area contributed by atoms with Crippen molar-refractivity contribution in [2.75, 3.05) is 10.6 Å². The summed E-state index contributed by atoms with van der Waals surface area (Å²) in [5.41, 5.74) is 5.52. The molecule has 1 aliphatic rings. The minimum atomic E-state index is -0.915. The Kier molecular flexibility index (Phi) is 3.18. The van der Waals surface area contributed by atoms with Crippen molar-refractivity contribution in [3.8, 4) is 0 Å². The lowest BCUT2D eigenvalue weighted by Gasteiger charge is -2.25. The van der Waals surface area contributed by atoms with Crippen LogP contribution in [0.15, 0.2) is 18.2 Å². The third-order valence-electron chi connectivity index (χ3n) is 3.58. The topological polar surface area (TPSA) is 75.4 Å². The van der Waals surface area contributed by atoms with Gasteiger partial charge in [-0.25, -0.2) is 9.69 Å². The number of imide groups is 1. The second kappa shape index (κ2) is 4.42. The fourth-order valence-corrected chi connectivity index (χ4v) is 2.24. The van der Waals surface area contributed by atoms with Crippen LogP contribution in [0.4, 0.5) is 16.2 Å². The van der Waals surface area contributed by atoms with Gasteiger partial charge < -0.3 is 11.1 Å². The Morgan fingerprint density at radius 2 is 2.00 bits per heavy atom. The molecule has 1 aromatic carbocycles. The number of nitrogens with zero attached hydrogens (tertiary/aromatic N) is 1. The van der Waals surface area contributed by atoms with Crippen LogP contribution in [-0.2, 0) is 4.79 Å². The van der Waals surface area contributed by atoms with Crippen LogP contribution in [0.5, 0.6) is 0 Å². The smallest absolute Gasteiger partial charge is 0.329 e. The van der Waals surface area contributed by atoms with E-state index in [1.807, 2.05) is 13.8 Å². The molecule has 0 radical (unpaired) electrons. The van der Waals surface area contributed by atoms with E-state index in [2.05, 4.69) is 5.32 Å². The van der Waals surface area contributed by atoms with E-state index in [0.717, 1.165) is 4.90 Å². The van der Waals surface area contributed by atoms with Gasteiger partial charge in [-0.3, -0.25) is 4.79 Å². The number of nitrogen functional groups attached to an aromatic ring is 1. The number of anilines is 2. The van der Waals surface area contributed by atoms with Crippen LogP contribution in [0.3, 0.4) is 0 Å². The van der Waals surface area contributed by atoms with Gasteiger partial charge in [-0.15, -0.1) is 0 Å². The Bertz CT molecular complexity index is 559. The average Bonchev–Trinajstić information content (AvgIpc) is 2.53. The van der Waals surface area contributed by atoms with Crippen LogP contribution in [0.25, 0.3) is 0 Å². The molecular formula is C13H16ClN3O2. The maximum atomic E-state index is 12.5. The zero-order chi connectivity index (χ0) is 14.4. The third-order valence-corrected chi connectivity index (χ3v) is 3.89. The molecule has 1 saturated heterocycles. The van der Waals surface area contributed by atoms with Gasteiger partial charge in [-0.2, -0.15) is 0 Å². The molecule has 0 aliphatic carbocycles. The number of urea groups is 1. The van der Waals surface area contributed by atoms with E-state index in [-0.39, 0.29) is 16.8 Å². The van der Waals surface area contributed by atoms with Crippen molar-refractivity contribution in [2.24, 2.45) is 5.92 Å². The molecule has 1 fully saturated rings. The highest BCUT2D eigenvalue weighted by Gasteiger charge is 2.50. The monoisotopic (exact) mass is 281 g/mol. The molecule has 1 aliphatic heterocycles. The van der Waals surface area contributed by atoms with Crippen molar-refractivity contribution in [2.45, 2.75) is 26.3 Å². The van der Waals surface area contributed by atoms with E-state index >= 15 is 0 Å². The number of carbonyl (C=O) groups is 2. The molecule has 0 saturated carbocycles. The van der Waals surface area contributed by atoms with Gasteiger partial charge in [0.2, 0.25) is 0 Å². The molecule has 5 nitrogen and oxygen atoms in total. The van der Waals surface area contributed by atoms with E-state index < -0.39 is 11.6 Å². The highest BCUT2D eigenvalue weighted by Crippen LogP contribution is 2.34. The van der Waals surface area contributed by atoms with Crippen LogP contribution < -0.4 is 16.0 Å². The van der Waals surface area contributed by atoms with Gasteiger partial charge in [0.15, 0.2) is 0 Å². The second-order valence-electron chi connectivity index (χ2n) is 5.14. The van der Waals surface area contributed by atoms with Crippen molar-refractivity contribution in [3.63, 3.8) is 0 Å². The van der Waals surface area contributed by atoms with Gasteiger partial charge in [0.05, 0.1) is 10.7 Å². The van der Waals surface area contributed by atoms with E-state index in [4.69, 9.17) is 17.3 Å². The number of rotatable bonds is 2. The van der Waals surface area contributed by atoms with Gasteiger partial charge in [-0.05, 0) is 31.0 Å². The molecule has 1 atom stereocenters. The van der Waals surface area contributed by atoms with Crippen LogP contribution in [0, 0.1) is 5.92 Å². The first kappa shape index (κ1) is 13.7. The van der Waals surface area contributed by atoms with Crippen molar-refractivity contribution in [3.05, 3.63) is 23.2 Å². The maximum absolute atomic E-state index is 12.5. The summed E-state index contributed by atoms with van der Waals surface area (Å²) in [4.78, 5) is 25.6. The number of nitrogens with one attached hydrogen (secondary N) is 1. The molecule has 1 aromatic rings. The van der Waals surface area contributed by atoms with Gasteiger partial charge >= 0.3 is 6.03 Å². The zero-order valence-electron chi connectivity index (χ0n) is 11.0. The second-order valence-corrected chi connectivity index (χ2v) is 5.55. The van der Waals surface area contributed by atoms with Gasteiger partial charge in [0.25, 0.3) is 5.91 Å². The number of hydrogen-bond acceptors (Lipinski definition) is 3. The SMILES string of the molecule is CC(C)[C@@]1(C)NC(=O)N(c2ccc(N)cc2Cl)C1=O. The van der Waals surface area contributed by atoms with E-state index in [9.17, 15) is 9.59 Å². The largest absolute Gasteiger partial charge is 0.399 e. The first-order valence-electron chi connectivity index (χ1n) is 5.99. The first-order valence-corrected chi connectivity index (χ1v) is 6.37. The quantitative estimate of drug-likeness (QED) is 0.645. The molecule has 19 heavy (non-hydrogen) atoms. The highest BCUT2D eigenvalue weighted by molar-refractivity contribution is 6.36. The van der Waals surface area contributed by atoms with Crippen molar-refractivity contribution in [1.82, 2.24) is 5.32 Å². The maximum Gasteiger partial charge on any atom is 0.329 e. The number of amides is 3. The molecule has 0 bridgehead atoms. The Morgan fingerprint density at radius 1 is 1.37 bits per heavy atom. The number of benzene rings is 1. The molecule has 2 rings (SSSR count). The minimum absolute atomic E-state index is 0.0264. The van der Waals surface area contributed by atoms with Crippen LogP contribution in [0.1, 0.15) is 20.8 Å². The van der Waals surface area contributed by atoms with E-state index in [1.54, 1.807) is 19.1 Å². The number of carbonyl (C=O) groups excluding carboxylic acids is 2. The predicted octanol–water partition coefficient (Wildman–Crippen LogP) is 2.39. The zero-order valence-corrected chi connectivity index (χ0v) is 11.8. The van der Waals surface area contributed by atoms with Crippen LogP contribution >= 0.6 is 11.6 Å². The van der Waals surface area contributed by atoms with Crippen LogP contribution in [-0.4, -0.2) is 17.5 Å². The van der Waals surface area contributed by atoms with Crippen molar-refractivity contribution >= 4 is 34.9 Å². The summed E-state index contributed by atoms with van der Waals surface area (Å²) in [5.74, 6) is -0.333. The van der Waals surface area contributed by atoms with Crippen molar-refractivity contribution in [1.29, 1.82) is 0 Å². The number of halogens is 1. The predicted molar refractivity (Wildman–Crippen MR) is 75.1 cm³/mol. The normalized spacial score (nSPS) is 23.1.